The standard InChI is InChI=1S/C19H21N5OS/c20-12-16-19(22-6-5-21-16)23-7-1-14(2-8-23)11-18(25)24-9-3-17-15(13-24)4-10-26-17/h4-6,10,14H,1-3,7-9,11,13H2. The van der Waals surface area contributed by atoms with E-state index in [9.17, 15) is 10.1 Å². The molecule has 0 unspecified atom stereocenters. The van der Waals surface area contributed by atoms with Crippen LogP contribution in [0.1, 0.15) is 35.4 Å². The first-order chi connectivity index (χ1) is 12.7. The average molecular weight is 367 g/mol. The predicted molar refractivity (Wildman–Crippen MR) is 99.7 cm³/mol. The molecule has 26 heavy (non-hydrogen) atoms. The maximum Gasteiger partial charge on any atom is 0.223 e. The van der Waals surface area contributed by atoms with E-state index in [-0.39, 0.29) is 5.91 Å². The molecule has 2 aliphatic heterocycles. The Bertz CT molecular complexity index is 834. The van der Waals surface area contributed by atoms with Crippen molar-refractivity contribution in [3.05, 3.63) is 40.0 Å². The molecule has 0 bridgehead atoms. The summed E-state index contributed by atoms with van der Waals surface area (Å²) in [5, 5.41) is 11.3. The summed E-state index contributed by atoms with van der Waals surface area (Å²) < 4.78 is 0. The van der Waals surface area contributed by atoms with Gasteiger partial charge in [-0.3, -0.25) is 4.79 Å². The molecule has 0 aromatic carbocycles. The molecule has 0 aliphatic carbocycles. The average Bonchev–Trinajstić information content (AvgIpc) is 3.16. The molecule has 0 atom stereocenters. The zero-order valence-electron chi connectivity index (χ0n) is 14.6. The van der Waals surface area contributed by atoms with Gasteiger partial charge >= 0.3 is 0 Å². The smallest absolute Gasteiger partial charge is 0.223 e. The Morgan fingerprint density at radius 3 is 2.88 bits per heavy atom. The normalized spacial score (nSPS) is 17.7. The molecule has 134 valence electrons. The monoisotopic (exact) mass is 367 g/mol. The lowest BCUT2D eigenvalue weighted by Gasteiger charge is -2.34. The number of nitrogens with zero attached hydrogens (tertiary/aromatic N) is 5. The van der Waals surface area contributed by atoms with Crippen LogP contribution in [0.25, 0.3) is 0 Å². The second kappa shape index (κ2) is 7.42. The fourth-order valence-corrected chi connectivity index (χ4v) is 4.72. The quantitative estimate of drug-likeness (QED) is 0.834. The van der Waals surface area contributed by atoms with E-state index in [4.69, 9.17) is 0 Å². The van der Waals surface area contributed by atoms with Crippen LogP contribution in [-0.2, 0) is 17.8 Å². The van der Waals surface area contributed by atoms with Gasteiger partial charge in [-0.05, 0) is 42.2 Å². The number of hydrogen-bond donors (Lipinski definition) is 0. The van der Waals surface area contributed by atoms with Crippen molar-refractivity contribution in [3.63, 3.8) is 0 Å². The number of aromatic nitrogens is 2. The highest BCUT2D eigenvalue weighted by Gasteiger charge is 2.27. The topological polar surface area (TPSA) is 73.1 Å². The van der Waals surface area contributed by atoms with Gasteiger partial charge in [0.15, 0.2) is 11.5 Å². The number of thiophene rings is 1. The molecular weight excluding hydrogens is 346 g/mol. The van der Waals surface area contributed by atoms with E-state index in [1.807, 2.05) is 4.90 Å². The number of hydrogen-bond acceptors (Lipinski definition) is 6. The Balaban J connectivity index is 1.32. The lowest BCUT2D eigenvalue weighted by molar-refractivity contribution is -0.133. The van der Waals surface area contributed by atoms with Crippen molar-refractivity contribution in [2.24, 2.45) is 5.92 Å². The van der Waals surface area contributed by atoms with Crippen LogP contribution >= 0.6 is 11.3 Å². The highest BCUT2D eigenvalue weighted by molar-refractivity contribution is 7.10. The summed E-state index contributed by atoms with van der Waals surface area (Å²) in [5.41, 5.74) is 1.69. The van der Waals surface area contributed by atoms with Crippen molar-refractivity contribution in [1.29, 1.82) is 5.26 Å². The molecule has 1 fully saturated rings. The molecular formula is C19H21N5OS. The molecule has 1 amide bonds. The minimum Gasteiger partial charge on any atom is -0.354 e. The van der Waals surface area contributed by atoms with Crippen molar-refractivity contribution >= 4 is 23.1 Å². The van der Waals surface area contributed by atoms with Crippen LogP contribution in [0.2, 0.25) is 0 Å². The molecule has 4 heterocycles. The minimum absolute atomic E-state index is 0.275. The summed E-state index contributed by atoms with van der Waals surface area (Å²) in [6.45, 7) is 3.25. The van der Waals surface area contributed by atoms with Gasteiger partial charge in [0, 0.05) is 49.9 Å². The molecule has 1 saturated heterocycles. The molecule has 0 N–H and O–H groups in total. The highest BCUT2D eigenvalue weighted by Crippen LogP contribution is 2.28. The number of amides is 1. The molecule has 2 aliphatic rings. The fraction of sp³-hybridized carbons (Fsp3) is 0.474. The van der Waals surface area contributed by atoms with Crippen LogP contribution in [0.5, 0.6) is 0 Å². The van der Waals surface area contributed by atoms with E-state index >= 15 is 0 Å². The fourth-order valence-electron chi connectivity index (χ4n) is 3.83. The van der Waals surface area contributed by atoms with Gasteiger partial charge in [0.25, 0.3) is 0 Å². The van der Waals surface area contributed by atoms with E-state index in [2.05, 4.69) is 32.4 Å². The SMILES string of the molecule is N#Cc1nccnc1N1CCC(CC(=O)N2CCc3sccc3C2)CC1. The first kappa shape index (κ1) is 17.0. The van der Waals surface area contributed by atoms with E-state index < -0.39 is 0 Å². The van der Waals surface area contributed by atoms with Crippen LogP contribution in [0.4, 0.5) is 5.82 Å². The zero-order valence-corrected chi connectivity index (χ0v) is 15.4. The Labute approximate surface area is 157 Å². The first-order valence-corrected chi connectivity index (χ1v) is 9.91. The Morgan fingerprint density at radius 2 is 2.08 bits per heavy atom. The van der Waals surface area contributed by atoms with Gasteiger partial charge in [0.05, 0.1) is 0 Å². The number of rotatable bonds is 3. The summed E-state index contributed by atoms with van der Waals surface area (Å²) in [6, 6.07) is 4.25. The summed E-state index contributed by atoms with van der Waals surface area (Å²) in [5.74, 6) is 1.35. The van der Waals surface area contributed by atoms with Crippen molar-refractivity contribution in [2.45, 2.75) is 32.2 Å². The van der Waals surface area contributed by atoms with Gasteiger partial charge < -0.3 is 9.80 Å². The van der Waals surface area contributed by atoms with Crippen molar-refractivity contribution < 1.29 is 4.79 Å². The molecule has 0 radical (unpaired) electrons. The maximum absolute atomic E-state index is 12.7. The molecule has 2 aromatic rings. The van der Waals surface area contributed by atoms with Crippen molar-refractivity contribution in [3.8, 4) is 6.07 Å². The van der Waals surface area contributed by atoms with E-state index in [1.165, 1.54) is 10.4 Å². The summed E-state index contributed by atoms with van der Waals surface area (Å²) in [7, 11) is 0. The van der Waals surface area contributed by atoms with Crippen LogP contribution < -0.4 is 4.90 Å². The third-order valence-electron chi connectivity index (χ3n) is 5.32. The highest BCUT2D eigenvalue weighted by atomic mass is 32.1. The zero-order chi connectivity index (χ0) is 17.9. The molecule has 0 spiro atoms. The van der Waals surface area contributed by atoms with Gasteiger partial charge in [-0.25, -0.2) is 9.97 Å². The lowest BCUT2D eigenvalue weighted by Crippen LogP contribution is -2.39. The van der Waals surface area contributed by atoms with Gasteiger partial charge in [-0.2, -0.15) is 5.26 Å². The molecule has 7 heteroatoms. The molecule has 4 rings (SSSR count). The molecule has 6 nitrogen and oxygen atoms in total. The number of carbonyl (C=O) groups excluding carboxylic acids is 1. The Kier molecular flexibility index (Phi) is 4.85. The van der Waals surface area contributed by atoms with E-state index in [0.717, 1.165) is 45.4 Å². The third kappa shape index (κ3) is 3.42. The number of nitriles is 1. The lowest BCUT2D eigenvalue weighted by atomic mass is 9.92. The molecule has 0 saturated carbocycles. The minimum atomic E-state index is 0.275. The Morgan fingerprint density at radius 1 is 1.27 bits per heavy atom. The van der Waals surface area contributed by atoms with Gasteiger partial charge in [0.2, 0.25) is 5.91 Å². The van der Waals surface area contributed by atoms with Gasteiger partial charge in [0.1, 0.15) is 6.07 Å². The van der Waals surface area contributed by atoms with Crippen molar-refractivity contribution in [2.75, 3.05) is 24.5 Å². The maximum atomic E-state index is 12.7. The third-order valence-corrected chi connectivity index (χ3v) is 6.35. The van der Waals surface area contributed by atoms with Gasteiger partial charge in [-0.1, -0.05) is 0 Å². The van der Waals surface area contributed by atoms with Gasteiger partial charge in [-0.15, -0.1) is 11.3 Å². The summed E-state index contributed by atoms with van der Waals surface area (Å²) in [6.07, 6.45) is 6.68. The first-order valence-electron chi connectivity index (χ1n) is 9.03. The van der Waals surface area contributed by atoms with Crippen LogP contribution in [-0.4, -0.2) is 40.4 Å². The number of piperidine rings is 1. The second-order valence-electron chi connectivity index (χ2n) is 6.91. The Hall–Kier alpha value is -2.46. The van der Waals surface area contributed by atoms with E-state index in [0.29, 0.717) is 23.9 Å². The second-order valence-corrected chi connectivity index (χ2v) is 7.91. The number of carbonyl (C=O) groups is 1. The summed E-state index contributed by atoms with van der Waals surface area (Å²) in [4.78, 5) is 26.7. The van der Waals surface area contributed by atoms with Crippen LogP contribution in [0.3, 0.4) is 0 Å². The molecule has 2 aromatic heterocycles. The van der Waals surface area contributed by atoms with Crippen LogP contribution in [0, 0.1) is 17.2 Å². The number of anilines is 1. The van der Waals surface area contributed by atoms with E-state index in [1.54, 1.807) is 23.7 Å². The largest absolute Gasteiger partial charge is 0.354 e. The predicted octanol–water partition coefficient (Wildman–Crippen LogP) is 2.60. The summed E-state index contributed by atoms with van der Waals surface area (Å²) >= 11 is 1.80. The van der Waals surface area contributed by atoms with Crippen molar-refractivity contribution in [1.82, 2.24) is 14.9 Å². The van der Waals surface area contributed by atoms with Crippen LogP contribution in [0.15, 0.2) is 23.8 Å². The number of fused-ring (bicyclic) bond motifs is 1.